The molecule has 414 valence electrons. The van der Waals surface area contributed by atoms with E-state index in [0.717, 1.165) is 64.2 Å². The zero-order valence-electron chi connectivity index (χ0n) is 47.5. The summed E-state index contributed by atoms with van der Waals surface area (Å²) >= 11 is 0. The second-order valence-corrected chi connectivity index (χ2v) is 21.0. The van der Waals surface area contributed by atoms with Crippen molar-refractivity contribution in [2.75, 3.05) is 13.2 Å². The molecule has 0 N–H and O–H groups in total. The molecule has 0 rings (SSSR count). The molecule has 1 unspecified atom stereocenters. The van der Waals surface area contributed by atoms with Crippen molar-refractivity contribution >= 4 is 17.9 Å². The van der Waals surface area contributed by atoms with Crippen molar-refractivity contribution in [1.29, 1.82) is 0 Å². The predicted octanol–water partition coefficient (Wildman–Crippen LogP) is 21.0. The lowest BCUT2D eigenvalue weighted by Crippen LogP contribution is -2.30. The zero-order chi connectivity index (χ0) is 51.4. The summed E-state index contributed by atoms with van der Waals surface area (Å²) in [6.45, 7) is 6.51. The monoisotopic (exact) mass is 995 g/mol. The van der Waals surface area contributed by atoms with Crippen LogP contribution in [0.5, 0.6) is 0 Å². The summed E-state index contributed by atoms with van der Waals surface area (Å²) in [5.41, 5.74) is 0. The van der Waals surface area contributed by atoms with E-state index in [-0.39, 0.29) is 37.5 Å². The number of carbonyl (C=O) groups is 3. The summed E-state index contributed by atoms with van der Waals surface area (Å²) in [4.78, 5) is 38.1. The van der Waals surface area contributed by atoms with Crippen LogP contribution in [0.4, 0.5) is 0 Å². The third-order valence-electron chi connectivity index (χ3n) is 13.9. The van der Waals surface area contributed by atoms with Crippen LogP contribution in [0.15, 0.2) is 48.6 Å². The molecule has 0 heterocycles. The molecule has 0 saturated carbocycles. The topological polar surface area (TPSA) is 78.9 Å². The van der Waals surface area contributed by atoms with Crippen LogP contribution in [-0.2, 0) is 28.6 Å². The Morgan fingerprint density at radius 3 is 0.831 bits per heavy atom. The second-order valence-electron chi connectivity index (χ2n) is 21.0. The number of hydrogen-bond acceptors (Lipinski definition) is 6. The van der Waals surface area contributed by atoms with Crippen LogP contribution in [0.2, 0.25) is 0 Å². The maximum absolute atomic E-state index is 12.8. The molecule has 6 heteroatoms. The Morgan fingerprint density at radius 1 is 0.296 bits per heavy atom. The second kappa shape index (κ2) is 59.9. The molecular formula is C65H118O6. The van der Waals surface area contributed by atoms with E-state index in [1.165, 1.54) is 218 Å². The Bertz CT molecular complexity index is 1230. The van der Waals surface area contributed by atoms with Crippen LogP contribution in [0.3, 0.4) is 0 Å². The van der Waals surface area contributed by atoms with Gasteiger partial charge in [0, 0.05) is 19.3 Å². The average Bonchev–Trinajstić information content (AvgIpc) is 3.37. The molecule has 0 aromatic carbocycles. The SMILES string of the molecule is CC/C=C\C/C=C\C/C=C\C/C=C\CCC(=O)OC(COC(=O)CCCCCCCCCCCCCCC)COC(=O)CCCCCCCCCCCCCCCCCCCCCCCCCCCCC. The first-order valence-corrected chi connectivity index (χ1v) is 31.1. The maximum atomic E-state index is 12.8. The normalized spacial score (nSPS) is 12.3. The summed E-state index contributed by atoms with van der Waals surface area (Å²) in [6, 6.07) is 0. The molecule has 0 aromatic rings. The lowest BCUT2D eigenvalue weighted by atomic mass is 10.0. The van der Waals surface area contributed by atoms with Gasteiger partial charge in [-0.05, 0) is 44.9 Å². The number of esters is 3. The molecule has 6 nitrogen and oxygen atoms in total. The Kier molecular flexibility index (Phi) is 57.7. The van der Waals surface area contributed by atoms with Crippen molar-refractivity contribution in [3.05, 3.63) is 48.6 Å². The van der Waals surface area contributed by atoms with E-state index in [2.05, 4.69) is 63.3 Å². The zero-order valence-corrected chi connectivity index (χ0v) is 47.5. The van der Waals surface area contributed by atoms with Crippen LogP contribution < -0.4 is 0 Å². The van der Waals surface area contributed by atoms with Crippen molar-refractivity contribution in [3.8, 4) is 0 Å². The van der Waals surface area contributed by atoms with Crippen molar-refractivity contribution in [2.45, 2.75) is 335 Å². The van der Waals surface area contributed by atoms with Crippen molar-refractivity contribution in [2.24, 2.45) is 0 Å². The highest BCUT2D eigenvalue weighted by atomic mass is 16.6. The Morgan fingerprint density at radius 2 is 0.549 bits per heavy atom. The molecule has 0 spiro atoms. The number of unbranched alkanes of at least 4 members (excludes halogenated alkanes) is 38. The fourth-order valence-electron chi connectivity index (χ4n) is 9.22. The summed E-state index contributed by atoms with van der Waals surface area (Å²) < 4.78 is 16.8. The fourth-order valence-corrected chi connectivity index (χ4v) is 9.22. The van der Waals surface area contributed by atoms with Gasteiger partial charge in [-0.3, -0.25) is 14.4 Å². The van der Waals surface area contributed by atoms with Gasteiger partial charge in [0.05, 0.1) is 0 Å². The summed E-state index contributed by atoms with van der Waals surface area (Å²) in [6.07, 6.45) is 74.4. The van der Waals surface area contributed by atoms with Gasteiger partial charge in [-0.25, -0.2) is 0 Å². The highest BCUT2D eigenvalue weighted by Crippen LogP contribution is 2.18. The van der Waals surface area contributed by atoms with E-state index < -0.39 is 6.10 Å². The van der Waals surface area contributed by atoms with Crippen LogP contribution in [0.25, 0.3) is 0 Å². The third-order valence-corrected chi connectivity index (χ3v) is 13.9. The van der Waals surface area contributed by atoms with Gasteiger partial charge in [0.25, 0.3) is 0 Å². The van der Waals surface area contributed by atoms with Crippen molar-refractivity contribution < 1.29 is 28.6 Å². The van der Waals surface area contributed by atoms with Gasteiger partial charge in [-0.2, -0.15) is 0 Å². The van der Waals surface area contributed by atoms with Gasteiger partial charge in [0.2, 0.25) is 0 Å². The average molecular weight is 996 g/mol. The van der Waals surface area contributed by atoms with Crippen LogP contribution in [-0.4, -0.2) is 37.2 Å². The molecule has 0 aliphatic rings. The fraction of sp³-hybridized carbons (Fsp3) is 0.831. The smallest absolute Gasteiger partial charge is 0.306 e. The lowest BCUT2D eigenvalue weighted by molar-refractivity contribution is -0.166. The summed E-state index contributed by atoms with van der Waals surface area (Å²) in [5, 5.41) is 0. The lowest BCUT2D eigenvalue weighted by Gasteiger charge is -2.18. The van der Waals surface area contributed by atoms with E-state index in [9.17, 15) is 14.4 Å². The summed E-state index contributed by atoms with van der Waals surface area (Å²) in [5.74, 6) is -0.962. The van der Waals surface area contributed by atoms with E-state index in [0.29, 0.717) is 19.3 Å². The van der Waals surface area contributed by atoms with E-state index in [4.69, 9.17) is 14.2 Å². The molecule has 0 bridgehead atoms. The number of carbonyl (C=O) groups excluding carboxylic acids is 3. The Labute approximate surface area is 441 Å². The van der Waals surface area contributed by atoms with Gasteiger partial charge in [0.1, 0.15) is 13.2 Å². The van der Waals surface area contributed by atoms with Gasteiger partial charge in [-0.1, -0.05) is 313 Å². The Hall–Kier alpha value is -2.63. The minimum Gasteiger partial charge on any atom is -0.462 e. The Balaban J connectivity index is 4.19. The number of allylic oxidation sites excluding steroid dienone is 8. The predicted molar refractivity (Wildman–Crippen MR) is 307 cm³/mol. The van der Waals surface area contributed by atoms with Crippen LogP contribution in [0, 0.1) is 0 Å². The number of hydrogen-bond donors (Lipinski definition) is 0. The standard InChI is InChI=1S/C65H118O6/c1-4-7-10-13-16-19-22-25-26-27-28-29-30-31-32-33-34-35-36-37-38-41-43-46-49-52-55-58-64(67)70-61-62(71-65(68)59-56-53-50-47-44-40-24-21-18-15-12-9-6-3)60-69-63(66)57-54-51-48-45-42-39-23-20-17-14-11-8-5-2/h9,12,18,21,40,44,50,53,62H,4-8,10-11,13-17,19-20,22-39,41-43,45-49,51-52,54-61H2,1-3H3/b12-9-,21-18-,44-40-,53-50-. The molecule has 0 fully saturated rings. The van der Waals surface area contributed by atoms with Crippen LogP contribution >= 0.6 is 0 Å². The first kappa shape index (κ1) is 68.4. The minimum absolute atomic E-state index is 0.0972. The molecule has 0 saturated heterocycles. The van der Waals surface area contributed by atoms with Gasteiger partial charge < -0.3 is 14.2 Å². The van der Waals surface area contributed by atoms with Gasteiger partial charge in [0.15, 0.2) is 6.10 Å². The molecule has 0 aromatic heterocycles. The van der Waals surface area contributed by atoms with Crippen molar-refractivity contribution in [3.63, 3.8) is 0 Å². The highest BCUT2D eigenvalue weighted by molar-refractivity contribution is 5.71. The molecule has 71 heavy (non-hydrogen) atoms. The first-order valence-electron chi connectivity index (χ1n) is 31.1. The third kappa shape index (κ3) is 58.1. The first-order chi connectivity index (χ1) is 35.0. The molecular weight excluding hydrogens is 877 g/mol. The van der Waals surface area contributed by atoms with Gasteiger partial charge >= 0.3 is 17.9 Å². The van der Waals surface area contributed by atoms with E-state index >= 15 is 0 Å². The molecule has 0 aliphatic heterocycles. The van der Waals surface area contributed by atoms with Crippen molar-refractivity contribution in [1.82, 2.24) is 0 Å². The summed E-state index contributed by atoms with van der Waals surface area (Å²) in [7, 11) is 0. The quantitative estimate of drug-likeness (QED) is 0.0261. The molecule has 1 atom stereocenters. The minimum atomic E-state index is -0.807. The number of rotatable bonds is 57. The molecule has 0 amide bonds. The molecule has 0 aliphatic carbocycles. The molecule has 0 radical (unpaired) electrons. The maximum Gasteiger partial charge on any atom is 0.306 e. The van der Waals surface area contributed by atoms with E-state index in [1.54, 1.807) is 0 Å². The largest absolute Gasteiger partial charge is 0.462 e. The van der Waals surface area contributed by atoms with Crippen LogP contribution in [0.1, 0.15) is 329 Å². The van der Waals surface area contributed by atoms with E-state index in [1.807, 2.05) is 6.08 Å². The number of ether oxygens (including phenoxy) is 3. The van der Waals surface area contributed by atoms with Gasteiger partial charge in [-0.15, -0.1) is 0 Å². The highest BCUT2D eigenvalue weighted by Gasteiger charge is 2.19.